The third-order valence-corrected chi connectivity index (χ3v) is 6.10. The Morgan fingerprint density at radius 2 is 1.88 bits per heavy atom. The fourth-order valence-corrected chi connectivity index (χ4v) is 4.70. The Morgan fingerprint density at radius 3 is 2.48 bits per heavy atom. The fourth-order valence-electron chi connectivity index (χ4n) is 4.70. The van der Waals surface area contributed by atoms with Gasteiger partial charge in [0.1, 0.15) is 30.0 Å². The predicted octanol–water partition coefficient (Wildman–Crippen LogP) is 3.46. The number of esters is 1. The number of amides is 2. The maximum Gasteiger partial charge on any atom is 0.411 e. The van der Waals surface area contributed by atoms with Crippen molar-refractivity contribution in [1.29, 1.82) is 0 Å². The molecule has 0 aliphatic carbocycles. The molecule has 3 rings (SSSR count). The summed E-state index contributed by atoms with van der Waals surface area (Å²) in [6, 6.07) is 8.37. The van der Waals surface area contributed by atoms with E-state index >= 15 is 0 Å². The maximum atomic E-state index is 13.7. The Bertz CT molecular complexity index is 865. The van der Waals surface area contributed by atoms with Crippen LogP contribution in [0.15, 0.2) is 30.3 Å². The van der Waals surface area contributed by atoms with Gasteiger partial charge in [-0.25, -0.2) is 9.59 Å². The van der Waals surface area contributed by atoms with Gasteiger partial charge in [-0.05, 0) is 51.5 Å². The molecule has 1 N–H and O–H groups in total. The summed E-state index contributed by atoms with van der Waals surface area (Å²) in [4.78, 5) is 42.4. The summed E-state index contributed by atoms with van der Waals surface area (Å²) < 4.78 is 11.1. The molecular formula is C25H36N2O6. The van der Waals surface area contributed by atoms with Crippen molar-refractivity contribution < 1.29 is 29.0 Å². The van der Waals surface area contributed by atoms with E-state index in [0.717, 1.165) is 5.56 Å². The average Bonchev–Trinajstić information content (AvgIpc) is 3.25. The smallest absolute Gasteiger partial charge is 0.411 e. The van der Waals surface area contributed by atoms with Crippen LogP contribution < -0.4 is 0 Å². The summed E-state index contributed by atoms with van der Waals surface area (Å²) in [6.45, 7) is 9.66. The minimum atomic E-state index is -1.20. The molecule has 2 aliphatic heterocycles. The van der Waals surface area contributed by atoms with Gasteiger partial charge in [-0.3, -0.25) is 9.69 Å². The molecular weight excluding hydrogens is 424 g/mol. The van der Waals surface area contributed by atoms with E-state index in [4.69, 9.17) is 9.47 Å². The van der Waals surface area contributed by atoms with Crippen LogP contribution in [-0.2, 0) is 25.7 Å². The summed E-state index contributed by atoms with van der Waals surface area (Å²) in [7, 11) is 0. The lowest BCUT2D eigenvalue weighted by atomic mass is 9.94. The van der Waals surface area contributed by atoms with Crippen LogP contribution in [0.2, 0.25) is 0 Å². The molecule has 0 radical (unpaired) electrons. The molecule has 2 saturated heterocycles. The molecule has 33 heavy (non-hydrogen) atoms. The lowest BCUT2D eigenvalue weighted by Gasteiger charge is -2.35. The zero-order valence-electron chi connectivity index (χ0n) is 20.2. The number of hydrogen-bond donors (Lipinski definition) is 1. The van der Waals surface area contributed by atoms with Gasteiger partial charge in [0.25, 0.3) is 5.91 Å². The molecule has 182 valence electrons. The Labute approximate surface area is 195 Å². The average molecular weight is 461 g/mol. The van der Waals surface area contributed by atoms with E-state index in [-0.39, 0.29) is 18.9 Å². The highest BCUT2D eigenvalue weighted by Gasteiger charge is 2.61. The van der Waals surface area contributed by atoms with E-state index < -0.39 is 41.4 Å². The lowest BCUT2D eigenvalue weighted by Crippen LogP contribution is -2.56. The third-order valence-electron chi connectivity index (χ3n) is 6.10. The zero-order valence-corrected chi connectivity index (χ0v) is 20.2. The zero-order chi connectivity index (χ0) is 24.4. The van der Waals surface area contributed by atoms with Gasteiger partial charge >= 0.3 is 12.1 Å². The molecule has 0 saturated carbocycles. The second kappa shape index (κ2) is 9.71. The number of carbonyl (C=O) groups excluding carboxylic acids is 3. The Hall–Kier alpha value is -2.61. The lowest BCUT2D eigenvalue weighted by molar-refractivity contribution is -0.162. The van der Waals surface area contributed by atoms with Crippen molar-refractivity contribution in [3.05, 3.63) is 35.9 Å². The van der Waals surface area contributed by atoms with E-state index in [1.807, 2.05) is 44.2 Å². The van der Waals surface area contributed by atoms with Gasteiger partial charge in [-0.1, -0.05) is 44.2 Å². The molecule has 2 amide bonds. The summed E-state index contributed by atoms with van der Waals surface area (Å²) >= 11 is 0. The summed E-state index contributed by atoms with van der Waals surface area (Å²) in [5, 5.41) is 11.0. The number of nitrogens with zero attached hydrogens (tertiary/aromatic N) is 2. The van der Waals surface area contributed by atoms with E-state index in [2.05, 4.69) is 0 Å². The second-order valence-electron chi connectivity index (χ2n) is 10.4. The van der Waals surface area contributed by atoms with Crippen LogP contribution in [-0.4, -0.2) is 62.8 Å². The first-order chi connectivity index (χ1) is 15.4. The quantitative estimate of drug-likeness (QED) is 0.653. The highest BCUT2D eigenvalue weighted by atomic mass is 16.6. The largest absolute Gasteiger partial charge is 0.459 e. The maximum absolute atomic E-state index is 13.7. The highest BCUT2D eigenvalue weighted by molar-refractivity contribution is 5.95. The summed E-state index contributed by atoms with van der Waals surface area (Å²) in [5.41, 5.74) is -1.07. The predicted molar refractivity (Wildman–Crippen MR) is 122 cm³/mol. The molecule has 8 nitrogen and oxygen atoms in total. The number of aliphatic hydroxyl groups is 1. The standard InChI is InChI=1S/C25H36N2O6/c1-17(2)14-19(21(29)32-16-18-10-7-6-8-11-18)27-20(28)15-25(22(27)30)12-9-13-26(25)23(31)33-24(3,4)5/h6-8,10-11,17,19-20,28H,9,12-16H2,1-5H3/t19-,20?,25?/m1/s1. The monoisotopic (exact) mass is 460 g/mol. The van der Waals surface area contributed by atoms with Gasteiger partial charge in [0.2, 0.25) is 0 Å². The Kier molecular flexibility index (Phi) is 7.36. The molecule has 0 aromatic heterocycles. The van der Waals surface area contributed by atoms with E-state index in [1.54, 1.807) is 20.8 Å². The number of aliphatic hydroxyl groups excluding tert-OH is 1. The van der Waals surface area contributed by atoms with Crippen LogP contribution in [0.5, 0.6) is 0 Å². The van der Waals surface area contributed by atoms with E-state index in [0.29, 0.717) is 25.8 Å². The fraction of sp³-hybridized carbons (Fsp3) is 0.640. The molecule has 2 fully saturated rings. The van der Waals surface area contributed by atoms with Gasteiger partial charge in [0, 0.05) is 13.0 Å². The van der Waals surface area contributed by atoms with Crippen molar-refractivity contribution in [3.63, 3.8) is 0 Å². The SMILES string of the molecule is CC(C)C[C@H](C(=O)OCc1ccccc1)N1C(=O)C2(CCCN2C(=O)OC(C)(C)C)CC1O. The van der Waals surface area contributed by atoms with Crippen molar-refractivity contribution in [1.82, 2.24) is 9.80 Å². The molecule has 1 aromatic carbocycles. The number of carbonyl (C=O) groups is 3. The van der Waals surface area contributed by atoms with E-state index in [9.17, 15) is 19.5 Å². The normalized spacial score (nSPS) is 24.0. The van der Waals surface area contributed by atoms with Crippen molar-refractivity contribution in [3.8, 4) is 0 Å². The summed E-state index contributed by atoms with van der Waals surface area (Å²) in [5.74, 6) is -0.888. The third kappa shape index (κ3) is 5.49. The minimum Gasteiger partial charge on any atom is -0.459 e. The number of benzene rings is 1. The molecule has 8 heteroatoms. The van der Waals surface area contributed by atoms with Crippen LogP contribution in [0.1, 0.15) is 65.9 Å². The van der Waals surface area contributed by atoms with Crippen molar-refractivity contribution >= 4 is 18.0 Å². The van der Waals surface area contributed by atoms with Gasteiger partial charge in [-0.2, -0.15) is 0 Å². The Morgan fingerprint density at radius 1 is 1.21 bits per heavy atom. The van der Waals surface area contributed by atoms with Gasteiger partial charge in [-0.15, -0.1) is 0 Å². The van der Waals surface area contributed by atoms with Crippen molar-refractivity contribution in [2.24, 2.45) is 5.92 Å². The first-order valence-electron chi connectivity index (χ1n) is 11.7. The molecule has 0 bridgehead atoms. The summed E-state index contributed by atoms with van der Waals surface area (Å²) in [6.07, 6.45) is -0.321. The van der Waals surface area contributed by atoms with Gasteiger partial charge < -0.3 is 19.5 Å². The highest BCUT2D eigenvalue weighted by Crippen LogP contribution is 2.43. The Balaban J connectivity index is 1.82. The van der Waals surface area contributed by atoms with Crippen LogP contribution in [0.4, 0.5) is 4.79 Å². The van der Waals surface area contributed by atoms with Crippen molar-refractivity contribution in [2.75, 3.05) is 6.54 Å². The molecule has 2 heterocycles. The van der Waals surface area contributed by atoms with Gasteiger partial charge in [0.15, 0.2) is 0 Å². The number of ether oxygens (including phenoxy) is 2. The van der Waals surface area contributed by atoms with Crippen LogP contribution in [0.25, 0.3) is 0 Å². The van der Waals surface area contributed by atoms with Gasteiger partial charge in [0.05, 0.1) is 0 Å². The molecule has 3 atom stereocenters. The topological polar surface area (TPSA) is 96.4 Å². The first-order valence-corrected chi connectivity index (χ1v) is 11.7. The molecule has 1 spiro atoms. The first kappa shape index (κ1) is 25.0. The van der Waals surface area contributed by atoms with Crippen LogP contribution in [0.3, 0.4) is 0 Å². The van der Waals surface area contributed by atoms with E-state index in [1.165, 1.54) is 9.80 Å². The molecule has 2 unspecified atom stereocenters. The minimum absolute atomic E-state index is 0.0473. The second-order valence-corrected chi connectivity index (χ2v) is 10.4. The molecule has 2 aliphatic rings. The number of rotatable bonds is 6. The van der Waals surface area contributed by atoms with Crippen LogP contribution in [0, 0.1) is 5.92 Å². The van der Waals surface area contributed by atoms with Crippen molar-refractivity contribution in [2.45, 2.75) is 90.3 Å². The number of likely N-dealkylation sites (tertiary alicyclic amines) is 2. The molecule has 1 aromatic rings. The number of hydrogen-bond acceptors (Lipinski definition) is 6. The van der Waals surface area contributed by atoms with Crippen LogP contribution >= 0.6 is 0 Å².